The average Bonchev–Trinajstić information content (AvgIpc) is 3.04. The number of amidine groups is 1. The van der Waals surface area contributed by atoms with Crippen LogP contribution in [0.3, 0.4) is 0 Å². The van der Waals surface area contributed by atoms with Crippen LogP contribution in [0.15, 0.2) is 4.99 Å². The van der Waals surface area contributed by atoms with Crippen molar-refractivity contribution in [3.05, 3.63) is 0 Å². The van der Waals surface area contributed by atoms with E-state index >= 15 is 0 Å². The van der Waals surface area contributed by atoms with Crippen molar-refractivity contribution in [1.82, 2.24) is 15.3 Å². The van der Waals surface area contributed by atoms with Gasteiger partial charge in [-0.2, -0.15) is 0 Å². The first kappa shape index (κ1) is 10.9. The number of aliphatic imine (C=N–C) groups is 1. The fourth-order valence-electron chi connectivity index (χ4n) is 2.22. The summed E-state index contributed by atoms with van der Waals surface area (Å²) in [5, 5.41) is 4.23. The molecule has 2 heterocycles. The highest BCUT2D eigenvalue weighted by Crippen LogP contribution is 2.41. The van der Waals surface area contributed by atoms with Crippen LogP contribution in [-0.4, -0.2) is 60.1 Å². The quantitative estimate of drug-likeness (QED) is 0.766. The third-order valence-corrected chi connectivity index (χ3v) is 4.86. The molecule has 90 valence electrons. The van der Waals surface area contributed by atoms with Crippen molar-refractivity contribution < 1.29 is 0 Å². The summed E-state index contributed by atoms with van der Waals surface area (Å²) < 4.78 is 0. The maximum absolute atomic E-state index is 4.60. The molecular formula is C11H20N4S. The fourth-order valence-corrected chi connectivity index (χ4v) is 3.45. The second-order valence-electron chi connectivity index (χ2n) is 5.04. The molecule has 0 aromatic heterocycles. The van der Waals surface area contributed by atoms with Crippen LogP contribution in [0.2, 0.25) is 0 Å². The lowest BCUT2D eigenvalue weighted by atomic mass is 10.3. The van der Waals surface area contributed by atoms with Crippen LogP contribution in [0.5, 0.6) is 0 Å². The van der Waals surface area contributed by atoms with Crippen molar-refractivity contribution in [1.29, 1.82) is 0 Å². The SMILES string of the molecule is CN1CCN(NC2=NCC(C3CC3)S2)CC1. The molecule has 1 N–H and O–H groups in total. The lowest BCUT2D eigenvalue weighted by Gasteiger charge is -2.32. The molecular weight excluding hydrogens is 220 g/mol. The van der Waals surface area contributed by atoms with Crippen molar-refractivity contribution in [2.75, 3.05) is 39.8 Å². The summed E-state index contributed by atoms with van der Waals surface area (Å²) in [5.74, 6) is 0.959. The highest BCUT2D eigenvalue weighted by Gasteiger charge is 2.35. The Labute approximate surface area is 101 Å². The van der Waals surface area contributed by atoms with Gasteiger partial charge in [-0.1, -0.05) is 11.8 Å². The molecule has 1 unspecified atom stereocenters. The molecule has 1 aliphatic carbocycles. The Balaban J connectivity index is 1.45. The van der Waals surface area contributed by atoms with Crippen molar-refractivity contribution in [2.24, 2.45) is 10.9 Å². The number of rotatable bonds is 2. The molecule has 5 heteroatoms. The van der Waals surface area contributed by atoms with Gasteiger partial charge < -0.3 is 4.90 Å². The van der Waals surface area contributed by atoms with Crippen molar-refractivity contribution >= 4 is 16.9 Å². The normalized spacial score (nSPS) is 32.8. The zero-order valence-corrected chi connectivity index (χ0v) is 10.7. The van der Waals surface area contributed by atoms with E-state index in [4.69, 9.17) is 0 Å². The number of nitrogens with one attached hydrogen (secondary N) is 1. The molecule has 2 fully saturated rings. The Bertz CT molecular complexity index is 282. The number of hydrogen-bond acceptors (Lipinski definition) is 5. The topological polar surface area (TPSA) is 30.9 Å². The molecule has 1 saturated carbocycles. The van der Waals surface area contributed by atoms with Crippen molar-refractivity contribution in [3.8, 4) is 0 Å². The Hall–Kier alpha value is -0.260. The Kier molecular flexibility index (Phi) is 3.09. The van der Waals surface area contributed by atoms with E-state index in [9.17, 15) is 0 Å². The summed E-state index contributed by atoms with van der Waals surface area (Å²) in [4.78, 5) is 6.97. The van der Waals surface area contributed by atoms with Gasteiger partial charge >= 0.3 is 0 Å². The predicted octanol–water partition coefficient (Wildman–Crippen LogP) is 0.620. The Morgan fingerprint density at radius 2 is 2.00 bits per heavy atom. The minimum Gasteiger partial charge on any atom is -0.304 e. The Morgan fingerprint density at radius 3 is 2.69 bits per heavy atom. The third kappa shape index (κ3) is 2.52. The van der Waals surface area contributed by atoms with Gasteiger partial charge in [-0.3, -0.25) is 10.4 Å². The second kappa shape index (κ2) is 4.55. The van der Waals surface area contributed by atoms with Gasteiger partial charge in [0.2, 0.25) is 0 Å². The van der Waals surface area contributed by atoms with Gasteiger partial charge in [-0.15, -0.1) is 0 Å². The summed E-state index contributed by atoms with van der Waals surface area (Å²) >= 11 is 1.96. The smallest absolute Gasteiger partial charge is 0.171 e. The van der Waals surface area contributed by atoms with Crippen LogP contribution in [0.1, 0.15) is 12.8 Å². The summed E-state index contributed by atoms with van der Waals surface area (Å²) in [6.07, 6.45) is 2.85. The van der Waals surface area contributed by atoms with Crippen LogP contribution in [0.25, 0.3) is 0 Å². The maximum atomic E-state index is 4.60. The molecule has 0 radical (unpaired) electrons. The molecule has 3 aliphatic rings. The van der Waals surface area contributed by atoms with Crippen molar-refractivity contribution in [2.45, 2.75) is 18.1 Å². The number of likely N-dealkylation sites (N-methyl/N-ethyl adjacent to an activating group) is 1. The van der Waals surface area contributed by atoms with Gasteiger partial charge in [0.25, 0.3) is 0 Å². The van der Waals surface area contributed by atoms with Gasteiger partial charge in [0.15, 0.2) is 5.17 Å². The predicted molar refractivity (Wildman–Crippen MR) is 68.6 cm³/mol. The molecule has 0 amide bonds. The van der Waals surface area contributed by atoms with Gasteiger partial charge in [0, 0.05) is 31.4 Å². The summed E-state index contributed by atoms with van der Waals surface area (Å²) in [6, 6.07) is 0. The molecule has 3 rings (SSSR count). The summed E-state index contributed by atoms with van der Waals surface area (Å²) in [5.41, 5.74) is 3.47. The van der Waals surface area contributed by atoms with E-state index in [-0.39, 0.29) is 0 Å². The standard InChI is InChI=1S/C11H20N4S/c1-14-4-6-15(7-5-14)13-11-12-8-10(16-11)9-2-3-9/h9-10H,2-8H2,1H3,(H,12,13). The van der Waals surface area contributed by atoms with Gasteiger partial charge in [0.1, 0.15) is 0 Å². The van der Waals surface area contributed by atoms with Gasteiger partial charge in [-0.05, 0) is 25.8 Å². The number of piperazine rings is 1. The molecule has 4 nitrogen and oxygen atoms in total. The van der Waals surface area contributed by atoms with E-state index < -0.39 is 0 Å². The minimum absolute atomic E-state index is 0.773. The van der Waals surface area contributed by atoms with Crippen LogP contribution in [0, 0.1) is 5.92 Å². The zero-order chi connectivity index (χ0) is 11.0. The van der Waals surface area contributed by atoms with E-state index in [2.05, 4.69) is 27.4 Å². The lowest BCUT2D eigenvalue weighted by Crippen LogP contribution is -2.51. The van der Waals surface area contributed by atoms with Gasteiger partial charge in [0.05, 0.1) is 6.54 Å². The van der Waals surface area contributed by atoms with Crippen LogP contribution < -0.4 is 5.43 Å². The highest BCUT2D eigenvalue weighted by atomic mass is 32.2. The number of thioether (sulfide) groups is 1. The molecule has 2 aliphatic heterocycles. The first-order chi connectivity index (χ1) is 7.81. The monoisotopic (exact) mass is 240 g/mol. The summed E-state index contributed by atoms with van der Waals surface area (Å²) in [7, 11) is 2.18. The largest absolute Gasteiger partial charge is 0.304 e. The van der Waals surface area contributed by atoms with E-state index in [0.717, 1.165) is 49.1 Å². The van der Waals surface area contributed by atoms with E-state index in [1.54, 1.807) is 0 Å². The van der Waals surface area contributed by atoms with E-state index in [1.165, 1.54) is 12.8 Å². The highest BCUT2D eigenvalue weighted by molar-refractivity contribution is 8.14. The lowest BCUT2D eigenvalue weighted by molar-refractivity contribution is 0.132. The second-order valence-corrected chi connectivity index (χ2v) is 6.27. The molecule has 0 bridgehead atoms. The average molecular weight is 240 g/mol. The minimum atomic E-state index is 0.773. The van der Waals surface area contributed by atoms with Crippen LogP contribution >= 0.6 is 11.8 Å². The zero-order valence-electron chi connectivity index (χ0n) is 9.85. The number of nitrogens with zero attached hydrogens (tertiary/aromatic N) is 3. The molecule has 0 aromatic rings. The molecule has 0 aromatic carbocycles. The number of hydrazine groups is 1. The fraction of sp³-hybridized carbons (Fsp3) is 0.909. The molecule has 0 spiro atoms. The van der Waals surface area contributed by atoms with Gasteiger partial charge in [-0.25, -0.2) is 5.01 Å². The Morgan fingerprint density at radius 1 is 1.25 bits per heavy atom. The first-order valence-electron chi connectivity index (χ1n) is 6.22. The third-order valence-electron chi connectivity index (χ3n) is 3.58. The summed E-state index contributed by atoms with van der Waals surface area (Å²) in [6.45, 7) is 5.54. The van der Waals surface area contributed by atoms with Crippen molar-refractivity contribution in [3.63, 3.8) is 0 Å². The van der Waals surface area contributed by atoms with Crippen LogP contribution in [-0.2, 0) is 0 Å². The first-order valence-corrected chi connectivity index (χ1v) is 7.10. The molecule has 16 heavy (non-hydrogen) atoms. The molecule has 1 atom stereocenters. The van der Waals surface area contributed by atoms with Crippen LogP contribution in [0.4, 0.5) is 0 Å². The van der Waals surface area contributed by atoms with E-state index in [0.29, 0.717) is 0 Å². The number of hydrogen-bond donors (Lipinski definition) is 1. The molecule has 1 saturated heterocycles. The van der Waals surface area contributed by atoms with E-state index in [1.807, 2.05) is 11.8 Å². The maximum Gasteiger partial charge on any atom is 0.171 e.